The van der Waals surface area contributed by atoms with Crippen LogP contribution in [0, 0.1) is 0 Å². The molecule has 0 radical (unpaired) electrons. The Kier molecular flexibility index (Phi) is 6.10. The first-order chi connectivity index (χ1) is 14.4. The molecule has 30 heavy (non-hydrogen) atoms. The number of hydrogen-bond acceptors (Lipinski definition) is 5. The topological polar surface area (TPSA) is 61.5 Å². The Morgan fingerprint density at radius 2 is 1.87 bits per heavy atom. The lowest BCUT2D eigenvalue weighted by Gasteiger charge is -2.33. The molecule has 1 aromatic heterocycles. The number of rotatable bonds is 4. The summed E-state index contributed by atoms with van der Waals surface area (Å²) in [5, 5.41) is 0. The number of nitrogens with zero attached hydrogens (tertiary/aromatic N) is 3. The minimum atomic E-state index is -4.32. The van der Waals surface area contributed by atoms with Crippen LogP contribution in [0.4, 0.5) is 19.1 Å². The molecular weight excluding hydrogens is 397 g/mol. The highest BCUT2D eigenvalue weighted by atomic mass is 19.4. The predicted molar refractivity (Wildman–Crippen MR) is 107 cm³/mol. The van der Waals surface area contributed by atoms with Gasteiger partial charge >= 0.3 is 6.18 Å². The van der Waals surface area contributed by atoms with Crippen molar-refractivity contribution in [2.75, 3.05) is 44.3 Å². The Morgan fingerprint density at radius 3 is 2.57 bits per heavy atom. The second kappa shape index (κ2) is 8.77. The molecule has 2 fully saturated rings. The largest absolute Gasteiger partial charge is 0.416 e. The van der Waals surface area contributed by atoms with Crippen LogP contribution >= 0.6 is 0 Å². The van der Waals surface area contributed by atoms with Crippen LogP contribution in [0.15, 0.2) is 35.1 Å². The maximum Gasteiger partial charge on any atom is 0.416 e. The quantitative estimate of drug-likeness (QED) is 0.821. The fourth-order valence-electron chi connectivity index (χ4n) is 4.10. The number of halogens is 3. The number of nitrogens with one attached hydrogen (secondary N) is 1. The lowest BCUT2D eigenvalue weighted by molar-refractivity contribution is -0.137. The summed E-state index contributed by atoms with van der Waals surface area (Å²) in [5.74, 6) is 0.705. The van der Waals surface area contributed by atoms with Crippen LogP contribution in [0.25, 0.3) is 0 Å². The highest BCUT2D eigenvalue weighted by Crippen LogP contribution is 2.30. The van der Waals surface area contributed by atoms with Gasteiger partial charge in [0.25, 0.3) is 5.56 Å². The summed E-state index contributed by atoms with van der Waals surface area (Å²) in [6.07, 6.45) is -2.44. The zero-order chi connectivity index (χ0) is 21.1. The highest BCUT2D eigenvalue weighted by molar-refractivity contribution is 5.32. The van der Waals surface area contributed by atoms with Crippen molar-refractivity contribution in [3.8, 4) is 0 Å². The fourth-order valence-corrected chi connectivity index (χ4v) is 4.10. The molecule has 2 aliphatic rings. The number of aromatic nitrogens is 2. The molecule has 2 saturated heterocycles. The zero-order valence-corrected chi connectivity index (χ0v) is 16.6. The van der Waals surface area contributed by atoms with E-state index in [1.165, 1.54) is 12.1 Å². The van der Waals surface area contributed by atoms with E-state index in [4.69, 9.17) is 9.72 Å². The Hall–Kier alpha value is -2.39. The van der Waals surface area contributed by atoms with Gasteiger partial charge in [0.1, 0.15) is 0 Å². The highest BCUT2D eigenvalue weighted by Gasteiger charge is 2.30. The van der Waals surface area contributed by atoms with E-state index in [2.05, 4.69) is 9.88 Å². The van der Waals surface area contributed by atoms with Gasteiger partial charge in [0.05, 0.1) is 24.5 Å². The van der Waals surface area contributed by atoms with Crippen LogP contribution in [-0.2, 0) is 17.5 Å². The van der Waals surface area contributed by atoms with E-state index in [0.29, 0.717) is 38.8 Å². The maximum atomic E-state index is 12.8. The summed E-state index contributed by atoms with van der Waals surface area (Å²) >= 11 is 0. The first-order valence-corrected chi connectivity index (χ1v) is 10.2. The van der Waals surface area contributed by atoms with Gasteiger partial charge in [-0.1, -0.05) is 12.1 Å². The molecule has 1 N–H and O–H groups in total. The zero-order valence-electron chi connectivity index (χ0n) is 16.6. The molecule has 3 heterocycles. The number of morpholine rings is 1. The van der Waals surface area contributed by atoms with Gasteiger partial charge in [-0.25, -0.2) is 4.98 Å². The number of anilines is 1. The number of hydrogen-bond donors (Lipinski definition) is 1. The fraction of sp³-hybridized carbons (Fsp3) is 0.524. The molecule has 1 aromatic carbocycles. The van der Waals surface area contributed by atoms with Crippen molar-refractivity contribution in [1.82, 2.24) is 14.9 Å². The second-order valence-corrected chi connectivity index (χ2v) is 7.86. The van der Waals surface area contributed by atoms with E-state index < -0.39 is 11.7 Å². The minimum Gasteiger partial charge on any atom is -0.378 e. The molecule has 6 nitrogen and oxygen atoms in total. The summed E-state index contributed by atoms with van der Waals surface area (Å²) in [4.78, 5) is 24.0. The lowest BCUT2D eigenvalue weighted by atomic mass is 9.94. The van der Waals surface area contributed by atoms with Gasteiger partial charge in [-0.2, -0.15) is 13.2 Å². The number of alkyl halides is 3. The minimum absolute atomic E-state index is 0.121. The summed E-state index contributed by atoms with van der Waals surface area (Å²) in [7, 11) is 0. The Bertz CT molecular complexity index is 908. The Balaban J connectivity index is 1.45. The van der Waals surface area contributed by atoms with Crippen LogP contribution in [0.5, 0.6) is 0 Å². The SMILES string of the molecule is O=c1cc(C2CCCN(Cc3ccc(C(F)(F)F)cc3)C2)nc(N2CCOCC2)[nH]1. The average molecular weight is 422 g/mol. The van der Waals surface area contributed by atoms with Crippen molar-refractivity contribution in [1.29, 1.82) is 0 Å². The van der Waals surface area contributed by atoms with E-state index in [1.807, 2.05) is 4.90 Å². The van der Waals surface area contributed by atoms with Crippen molar-refractivity contribution in [3.63, 3.8) is 0 Å². The van der Waals surface area contributed by atoms with Crippen LogP contribution in [-0.4, -0.2) is 54.3 Å². The van der Waals surface area contributed by atoms with Crippen molar-refractivity contribution in [3.05, 3.63) is 57.5 Å². The monoisotopic (exact) mass is 422 g/mol. The normalized spacial score (nSPS) is 21.0. The van der Waals surface area contributed by atoms with Gasteiger partial charge in [-0.15, -0.1) is 0 Å². The molecule has 9 heteroatoms. The third-order valence-corrected chi connectivity index (χ3v) is 5.67. The molecule has 1 atom stereocenters. The molecular formula is C21H25F3N4O2. The molecule has 0 bridgehead atoms. The van der Waals surface area contributed by atoms with Gasteiger partial charge in [0, 0.05) is 38.2 Å². The predicted octanol–water partition coefficient (Wildman–Crippen LogP) is 3.00. The number of ether oxygens (including phenoxy) is 1. The van der Waals surface area contributed by atoms with Gasteiger partial charge in [-0.05, 0) is 37.1 Å². The number of likely N-dealkylation sites (tertiary alicyclic amines) is 1. The van der Waals surface area contributed by atoms with Crippen LogP contribution < -0.4 is 10.5 Å². The molecule has 0 amide bonds. The summed E-state index contributed by atoms with van der Waals surface area (Å²) in [5.41, 5.74) is 0.821. The van der Waals surface area contributed by atoms with E-state index in [9.17, 15) is 18.0 Å². The van der Waals surface area contributed by atoms with Gasteiger partial charge in [-0.3, -0.25) is 14.7 Å². The van der Waals surface area contributed by atoms with Crippen LogP contribution in [0.3, 0.4) is 0 Å². The summed E-state index contributed by atoms with van der Waals surface area (Å²) < 4.78 is 43.6. The third-order valence-electron chi connectivity index (χ3n) is 5.67. The summed E-state index contributed by atoms with van der Waals surface area (Å²) in [6.45, 7) is 4.77. The van der Waals surface area contributed by atoms with E-state index >= 15 is 0 Å². The molecule has 2 aromatic rings. The van der Waals surface area contributed by atoms with Crippen LogP contribution in [0.1, 0.15) is 35.6 Å². The van der Waals surface area contributed by atoms with Crippen molar-refractivity contribution >= 4 is 5.95 Å². The maximum absolute atomic E-state index is 12.8. The van der Waals surface area contributed by atoms with Crippen molar-refractivity contribution < 1.29 is 17.9 Å². The first kappa shape index (κ1) is 20.9. The second-order valence-electron chi connectivity index (χ2n) is 7.86. The van der Waals surface area contributed by atoms with Crippen molar-refractivity contribution in [2.45, 2.75) is 31.5 Å². The third kappa shape index (κ3) is 5.02. The summed E-state index contributed by atoms with van der Waals surface area (Å²) in [6, 6.07) is 6.90. The number of piperidine rings is 1. The molecule has 2 aliphatic heterocycles. The number of benzene rings is 1. The molecule has 4 rings (SSSR count). The van der Waals surface area contributed by atoms with Crippen molar-refractivity contribution in [2.24, 2.45) is 0 Å². The van der Waals surface area contributed by atoms with E-state index in [0.717, 1.165) is 49.3 Å². The molecule has 1 unspecified atom stereocenters. The average Bonchev–Trinajstić information content (AvgIpc) is 2.74. The van der Waals surface area contributed by atoms with E-state index in [-0.39, 0.29) is 11.5 Å². The lowest BCUT2D eigenvalue weighted by Crippen LogP contribution is -2.39. The van der Waals surface area contributed by atoms with Gasteiger partial charge in [0.2, 0.25) is 5.95 Å². The molecule has 0 saturated carbocycles. The molecule has 0 spiro atoms. The molecule has 0 aliphatic carbocycles. The standard InChI is InChI=1S/C21H25F3N4O2/c22-21(23,24)17-5-3-15(4-6-17)13-27-7-1-2-16(14-27)18-12-19(29)26-20(25-18)28-8-10-30-11-9-28/h3-6,12,16H,1-2,7-11,13-14H2,(H,25,26,29). The van der Waals surface area contributed by atoms with E-state index in [1.54, 1.807) is 6.07 Å². The van der Waals surface area contributed by atoms with Gasteiger partial charge in [0.15, 0.2) is 0 Å². The number of aromatic amines is 1. The Morgan fingerprint density at radius 1 is 1.13 bits per heavy atom. The smallest absolute Gasteiger partial charge is 0.378 e. The number of H-pyrrole nitrogens is 1. The van der Waals surface area contributed by atoms with Gasteiger partial charge < -0.3 is 9.64 Å². The van der Waals surface area contributed by atoms with Crippen LogP contribution in [0.2, 0.25) is 0 Å². The first-order valence-electron chi connectivity index (χ1n) is 10.2. The molecule has 162 valence electrons. The Labute approximate surface area is 172 Å².